The zero-order valence-corrected chi connectivity index (χ0v) is 31.4. The van der Waals surface area contributed by atoms with Crippen LogP contribution in [0.15, 0.2) is 96.0 Å². The molecule has 4 nitrogen and oxygen atoms in total. The topological polar surface area (TPSA) is 30.9 Å². The molecule has 8 rings (SSSR count). The standard InChI is InChI=1S/C46H52N3O/c1-10-29(11-2)36-26-46(50-44(28(36)5)30(12-3)13-4)37-23-22-33-32(25-45(6,7)8)18-16-20-35(33)39(37)42-43-41(47-27-49(42)46)40-34-19-15-14-17-31(34)21-24-38(40)48(43)9/h14-24,26-27,29-30H,10-13,25H2,1-9H3/q+1. The van der Waals surface area contributed by atoms with Gasteiger partial charge in [0.25, 0.3) is 12.1 Å². The van der Waals surface area contributed by atoms with E-state index in [4.69, 9.17) is 9.72 Å². The molecule has 0 bridgehead atoms. The molecule has 256 valence electrons. The minimum atomic E-state index is -0.839. The van der Waals surface area contributed by atoms with E-state index >= 15 is 0 Å². The highest BCUT2D eigenvalue weighted by molar-refractivity contribution is 6.21. The Labute approximate surface area is 297 Å². The Morgan fingerprint density at radius 1 is 0.820 bits per heavy atom. The predicted molar refractivity (Wildman–Crippen MR) is 209 cm³/mol. The van der Waals surface area contributed by atoms with Crippen LogP contribution in [0.25, 0.3) is 54.7 Å². The lowest BCUT2D eigenvalue weighted by molar-refractivity contribution is -0.769. The number of aromatic nitrogens is 3. The molecule has 6 aromatic rings. The van der Waals surface area contributed by atoms with Crippen LogP contribution in [0.2, 0.25) is 0 Å². The maximum atomic E-state index is 7.62. The summed E-state index contributed by atoms with van der Waals surface area (Å²) in [6.07, 6.45) is 9.86. The van der Waals surface area contributed by atoms with Gasteiger partial charge in [-0.25, -0.2) is 0 Å². The number of hydrogen-bond acceptors (Lipinski definition) is 2. The number of benzene rings is 4. The largest absolute Gasteiger partial charge is 0.446 e. The van der Waals surface area contributed by atoms with Crippen LogP contribution in [0.5, 0.6) is 0 Å². The second-order valence-corrected chi connectivity index (χ2v) is 16.1. The predicted octanol–water partition coefficient (Wildman–Crippen LogP) is 11.7. The van der Waals surface area contributed by atoms with Crippen molar-refractivity contribution in [1.29, 1.82) is 0 Å². The summed E-state index contributed by atoms with van der Waals surface area (Å²) in [7, 11) is 2.22. The molecule has 0 N–H and O–H groups in total. The minimum Gasteiger partial charge on any atom is -0.446 e. The third kappa shape index (κ3) is 4.63. The van der Waals surface area contributed by atoms with Gasteiger partial charge in [0.2, 0.25) is 5.52 Å². The average Bonchev–Trinajstić information content (AvgIpc) is 3.56. The molecule has 0 amide bonds. The second kappa shape index (κ2) is 11.8. The van der Waals surface area contributed by atoms with E-state index in [0.717, 1.165) is 48.9 Å². The Kier molecular flexibility index (Phi) is 7.74. The van der Waals surface area contributed by atoms with Crippen LogP contribution in [-0.4, -0.2) is 9.55 Å². The van der Waals surface area contributed by atoms with Gasteiger partial charge in [0.1, 0.15) is 11.3 Å². The highest BCUT2D eigenvalue weighted by atomic mass is 16.5. The summed E-state index contributed by atoms with van der Waals surface area (Å²) in [5.74, 6) is 1.95. The highest BCUT2D eigenvalue weighted by Crippen LogP contribution is 2.52. The molecular weight excluding hydrogens is 611 g/mol. The lowest BCUT2D eigenvalue weighted by Gasteiger charge is -2.38. The summed E-state index contributed by atoms with van der Waals surface area (Å²) >= 11 is 0. The summed E-state index contributed by atoms with van der Waals surface area (Å²) in [4.78, 5) is 5.39. The van der Waals surface area contributed by atoms with Crippen molar-refractivity contribution in [2.75, 3.05) is 0 Å². The Bertz CT molecular complexity index is 2390. The smallest absolute Gasteiger partial charge is 0.300 e. The van der Waals surface area contributed by atoms with Gasteiger partial charge in [-0.15, -0.1) is 0 Å². The molecule has 0 saturated carbocycles. The molecule has 2 aliphatic heterocycles. The van der Waals surface area contributed by atoms with Crippen LogP contribution in [-0.2, 0) is 23.9 Å². The third-order valence-electron chi connectivity index (χ3n) is 11.9. The first-order valence-electron chi connectivity index (χ1n) is 19.0. The number of fused-ring (bicyclic) bond motifs is 13. The van der Waals surface area contributed by atoms with Crippen molar-refractivity contribution < 1.29 is 9.30 Å². The number of nitrogens with zero attached hydrogens (tertiary/aromatic N) is 3. The normalized spacial score (nSPS) is 17.5. The molecule has 1 spiro atoms. The number of rotatable bonds is 7. The molecule has 4 heteroatoms. The van der Waals surface area contributed by atoms with E-state index in [1.165, 1.54) is 66.0 Å². The quantitative estimate of drug-likeness (QED) is 0.159. The van der Waals surface area contributed by atoms with E-state index in [-0.39, 0.29) is 5.41 Å². The van der Waals surface area contributed by atoms with E-state index in [2.05, 4.69) is 151 Å². The van der Waals surface area contributed by atoms with Gasteiger partial charge in [-0.1, -0.05) is 103 Å². The van der Waals surface area contributed by atoms with Gasteiger partial charge in [0, 0.05) is 24.6 Å². The maximum absolute atomic E-state index is 7.62. The molecule has 0 fully saturated rings. The number of aryl methyl sites for hydroxylation is 1. The van der Waals surface area contributed by atoms with Gasteiger partial charge in [-0.3, -0.25) is 0 Å². The van der Waals surface area contributed by atoms with E-state index in [1.807, 2.05) is 0 Å². The molecule has 1 atom stereocenters. The Morgan fingerprint density at radius 3 is 2.26 bits per heavy atom. The van der Waals surface area contributed by atoms with Crippen LogP contribution in [0.4, 0.5) is 0 Å². The van der Waals surface area contributed by atoms with E-state index in [9.17, 15) is 0 Å². The van der Waals surface area contributed by atoms with Crippen molar-refractivity contribution >= 4 is 43.5 Å². The Morgan fingerprint density at radius 2 is 1.54 bits per heavy atom. The van der Waals surface area contributed by atoms with Crippen LogP contribution < -0.4 is 4.57 Å². The van der Waals surface area contributed by atoms with Crippen molar-refractivity contribution in [3.8, 4) is 11.3 Å². The van der Waals surface area contributed by atoms with Gasteiger partial charge in [0.05, 0.1) is 16.5 Å². The molecule has 2 aromatic heterocycles. The zero-order chi connectivity index (χ0) is 35.1. The molecule has 4 aromatic carbocycles. The van der Waals surface area contributed by atoms with E-state index < -0.39 is 5.72 Å². The SMILES string of the molecule is CCC(CC)C1=CC2(OC(C(CC)CC)=C1C)c1ccc3c(CC(C)(C)C)cccc3c1-c1c3c(nc[n+]12)c1c2ccccc2ccc1n3C. The summed E-state index contributed by atoms with van der Waals surface area (Å²) in [6, 6.07) is 24.9. The average molecular weight is 663 g/mol. The molecular formula is C46H52N3O+. The van der Waals surface area contributed by atoms with Gasteiger partial charge in [-0.2, -0.15) is 4.57 Å². The summed E-state index contributed by atoms with van der Waals surface area (Å²) in [5, 5.41) is 6.30. The lowest BCUT2D eigenvalue weighted by atomic mass is 9.80. The maximum Gasteiger partial charge on any atom is 0.300 e. The van der Waals surface area contributed by atoms with Crippen LogP contribution in [0.3, 0.4) is 0 Å². The fourth-order valence-electron chi connectivity index (χ4n) is 9.38. The lowest BCUT2D eigenvalue weighted by Crippen LogP contribution is -2.57. The van der Waals surface area contributed by atoms with Crippen LogP contribution >= 0.6 is 0 Å². The fourth-order valence-corrected chi connectivity index (χ4v) is 9.38. The molecule has 0 aliphatic carbocycles. The van der Waals surface area contributed by atoms with Crippen molar-refractivity contribution in [3.63, 3.8) is 0 Å². The van der Waals surface area contributed by atoms with Crippen molar-refractivity contribution in [2.24, 2.45) is 24.3 Å². The van der Waals surface area contributed by atoms with Crippen LogP contribution in [0.1, 0.15) is 92.2 Å². The highest BCUT2D eigenvalue weighted by Gasteiger charge is 2.54. The number of hydrogen-bond donors (Lipinski definition) is 0. The first-order valence-corrected chi connectivity index (χ1v) is 19.0. The minimum absolute atomic E-state index is 0.168. The van der Waals surface area contributed by atoms with Gasteiger partial charge < -0.3 is 9.30 Å². The summed E-state index contributed by atoms with van der Waals surface area (Å²) in [5.41, 5.74) is 10.5. The molecule has 1 unspecified atom stereocenters. The summed E-state index contributed by atoms with van der Waals surface area (Å²) < 4.78 is 12.4. The first kappa shape index (κ1) is 32.7. The Hall–Kier alpha value is -4.44. The molecule has 0 radical (unpaired) electrons. The molecule has 2 aliphatic rings. The van der Waals surface area contributed by atoms with Crippen LogP contribution in [0, 0.1) is 17.3 Å². The zero-order valence-electron chi connectivity index (χ0n) is 31.4. The van der Waals surface area contributed by atoms with Gasteiger partial charge in [0.15, 0.2) is 5.69 Å². The van der Waals surface area contributed by atoms with Gasteiger partial charge >= 0.3 is 0 Å². The fraction of sp³-hybridized carbons (Fsp3) is 0.391. The van der Waals surface area contributed by atoms with Crippen molar-refractivity contribution in [2.45, 2.75) is 93.2 Å². The molecule has 0 saturated heterocycles. The van der Waals surface area contributed by atoms with Gasteiger partial charge in [-0.05, 0) is 106 Å². The third-order valence-corrected chi connectivity index (χ3v) is 11.9. The monoisotopic (exact) mass is 662 g/mol. The first-order chi connectivity index (χ1) is 24.1. The number of allylic oxidation sites excluding steroid dienone is 3. The molecule has 4 heterocycles. The molecule has 50 heavy (non-hydrogen) atoms. The number of ether oxygens (including phenoxy) is 1. The van der Waals surface area contributed by atoms with Crippen molar-refractivity contribution in [3.05, 3.63) is 107 Å². The summed E-state index contributed by atoms with van der Waals surface area (Å²) in [6.45, 7) is 18.6. The second-order valence-electron chi connectivity index (χ2n) is 16.1. The van der Waals surface area contributed by atoms with E-state index in [0.29, 0.717) is 11.8 Å². The van der Waals surface area contributed by atoms with Crippen molar-refractivity contribution in [1.82, 2.24) is 9.55 Å². The Balaban J connectivity index is 1.55. The van der Waals surface area contributed by atoms with E-state index in [1.54, 1.807) is 0 Å².